The molecule has 0 spiro atoms. The Morgan fingerprint density at radius 2 is 1.65 bits per heavy atom. The zero-order chi connectivity index (χ0) is 20.2. The van der Waals surface area contributed by atoms with E-state index in [0.717, 1.165) is 0 Å². The standard InChI is InChI=1S/C9H21O12P3S2/c1-6-7(2)19-8(9(6)17-5-26-25-3)4-18-23(13,14)21-24(15,16)20-22(10,11)12/h6-9H,4-5H2,1-3H3,(H,13,14)(H,15,16)(H2,10,11,12)/t6?,7-,8+,9?/m0/s1. The summed E-state index contributed by atoms with van der Waals surface area (Å²) >= 11 is 0. The average molecular weight is 478 g/mol. The largest absolute Gasteiger partial charge is 0.490 e. The first-order valence-corrected chi connectivity index (χ1v) is 14.2. The molecule has 1 saturated heterocycles. The molecule has 1 aliphatic heterocycles. The van der Waals surface area contributed by atoms with Gasteiger partial charge in [0.2, 0.25) is 0 Å². The summed E-state index contributed by atoms with van der Waals surface area (Å²) in [5, 5.41) is 0. The Hall–Kier alpha value is 1.03. The molecule has 1 heterocycles. The van der Waals surface area contributed by atoms with E-state index in [1.54, 1.807) is 6.92 Å². The molecule has 12 nitrogen and oxygen atoms in total. The second-order valence-corrected chi connectivity index (χ2v) is 12.1. The highest BCUT2D eigenvalue weighted by atomic mass is 33.1. The number of hydrogen-bond donors (Lipinski definition) is 4. The predicted octanol–water partition coefficient (Wildman–Crippen LogP) is 2.11. The minimum Gasteiger partial charge on any atom is -0.370 e. The van der Waals surface area contributed by atoms with Gasteiger partial charge in [0.05, 0.1) is 18.8 Å². The van der Waals surface area contributed by atoms with Crippen molar-refractivity contribution in [3.63, 3.8) is 0 Å². The van der Waals surface area contributed by atoms with E-state index < -0.39 is 42.3 Å². The molecule has 0 radical (unpaired) electrons. The van der Waals surface area contributed by atoms with E-state index in [1.165, 1.54) is 21.6 Å². The number of ether oxygens (including phenoxy) is 2. The fourth-order valence-electron chi connectivity index (χ4n) is 2.10. The fourth-order valence-corrected chi connectivity index (χ4v) is 5.90. The normalized spacial score (nSPS) is 31.5. The summed E-state index contributed by atoms with van der Waals surface area (Å²) in [6.07, 6.45) is 0.427. The predicted molar refractivity (Wildman–Crippen MR) is 94.2 cm³/mol. The Bertz CT molecular complexity index is 598. The molecule has 0 bridgehead atoms. The van der Waals surface area contributed by atoms with Crippen LogP contribution in [0.25, 0.3) is 0 Å². The molecule has 0 aromatic rings. The minimum atomic E-state index is -5.54. The van der Waals surface area contributed by atoms with Gasteiger partial charge in [-0.1, -0.05) is 28.5 Å². The molecular weight excluding hydrogens is 457 g/mol. The van der Waals surface area contributed by atoms with Gasteiger partial charge in [0.1, 0.15) is 12.0 Å². The van der Waals surface area contributed by atoms with Gasteiger partial charge in [0, 0.05) is 5.92 Å². The Balaban J connectivity index is 2.65. The maximum Gasteiger partial charge on any atom is 0.490 e. The molecule has 26 heavy (non-hydrogen) atoms. The summed E-state index contributed by atoms with van der Waals surface area (Å²) in [4.78, 5) is 35.5. The molecule has 156 valence electrons. The van der Waals surface area contributed by atoms with Crippen LogP contribution in [0.5, 0.6) is 0 Å². The third-order valence-corrected chi connectivity index (χ3v) is 8.53. The quantitative estimate of drug-likeness (QED) is 0.147. The zero-order valence-corrected chi connectivity index (χ0v) is 18.3. The lowest BCUT2D eigenvalue weighted by Crippen LogP contribution is -2.32. The van der Waals surface area contributed by atoms with Crippen LogP contribution in [0.1, 0.15) is 13.8 Å². The van der Waals surface area contributed by atoms with E-state index >= 15 is 0 Å². The molecule has 1 rings (SSSR count). The first-order valence-electron chi connectivity index (χ1n) is 6.97. The van der Waals surface area contributed by atoms with Crippen LogP contribution in [0, 0.1) is 5.92 Å². The van der Waals surface area contributed by atoms with Crippen molar-refractivity contribution in [2.24, 2.45) is 5.92 Å². The second kappa shape index (κ2) is 10.2. The van der Waals surface area contributed by atoms with E-state index in [4.69, 9.17) is 24.2 Å². The van der Waals surface area contributed by atoms with Gasteiger partial charge in [-0.3, -0.25) is 4.52 Å². The van der Waals surface area contributed by atoms with Gasteiger partial charge >= 0.3 is 23.5 Å². The van der Waals surface area contributed by atoms with Crippen LogP contribution in [-0.4, -0.2) is 56.7 Å². The van der Waals surface area contributed by atoms with Gasteiger partial charge in [-0.2, -0.15) is 8.62 Å². The molecule has 0 aromatic carbocycles. The van der Waals surface area contributed by atoms with Gasteiger partial charge in [0.15, 0.2) is 0 Å². The van der Waals surface area contributed by atoms with E-state index in [0.29, 0.717) is 5.94 Å². The highest BCUT2D eigenvalue weighted by Gasteiger charge is 2.44. The molecule has 0 aliphatic carbocycles. The van der Waals surface area contributed by atoms with Crippen molar-refractivity contribution in [2.45, 2.75) is 32.2 Å². The smallest absolute Gasteiger partial charge is 0.370 e. The highest BCUT2D eigenvalue weighted by Crippen LogP contribution is 2.66. The second-order valence-electron chi connectivity index (χ2n) is 5.16. The van der Waals surface area contributed by atoms with Crippen molar-refractivity contribution < 1.29 is 55.9 Å². The van der Waals surface area contributed by atoms with Crippen LogP contribution in [0.4, 0.5) is 0 Å². The Morgan fingerprint density at radius 1 is 1.04 bits per heavy atom. The molecule has 0 saturated carbocycles. The summed E-state index contributed by atoms with van der Waals surface area (Å²) in [7, 11) is -13.2. The molecule has 1 aliphatic rings. The third-order valence-electron chi connectivity index (χ3n) is 3.26. The number of phosphoric acid groups is 3. The summed E-state index contributed by atoms with van der Waals surface area (Å²) in [5.74, 6) is 0.296. The monoisotopic (exact) mass is 478 g/mol. The molecule has 6 atom stereocenters. The number of rotatable bonds is 11. The Kier molecular flexibility index (Phi) is 9.81. The summed E-state index contributed by atoms with van der Waals surface area (Å²) in [5.41, 5.74) is 0. The van der Waals surface area contributed by atoms with E-state index in [-0.39, 0.29) is 12.0 Å². The zero-order valence-electron chi connectivity index (χ0n) is 13.9. The first-order chi connectivity index (χ1) is 11.8. The van der Waals surface area contributed by atoms with Gasteiger partial charge in [-0.15, -0.1) is 0 Å². The molecule has 1 fully saturated rings. The van der Waals surface area contributed by atoms with Gasteiger partial charge in [0.25, 0.3) is 0 Å². The lowest BCUT2D eigenvalue weighted by atomic mass is 9.99. The molecule has 0 amide bonds. The van der Waals surface area contributed by atoms with Crippen molar-refractivity contribution >= 4 is 45.1 Å². The molecule has 17 heteroatoms. The van der Waals surface area contributed by atoms with Crippen molar-refractivity contribution in [1.29, 1.82) is 0 Å². The molecular formula is C9H21O12P3S2. The molecule has 4 N–H and O–H groups in total. The lowest BCUT2D eigenvalue weighted by Gasteiger charge is -2.22. The topological polar surface area (TPSA) is 178 Å². The van der Waals surface area contributed by atoms with Crippen molar-refractivity contribution in [2.75, 3.05) is 18.8 Å². The molecule has 4 unspecified atom stereocenters. The average Bonchev–Trinajstić information content (AvgIpc) is 2.69. The third kappa shape index (κ3) is 9.02. The van der Waals surface area contributed by atoms with Crippen LogP contribution in [-0.2, 0) is 36.3 Å². The van der Waals surface area contributed by atoms with Crippen molar-refractivity contribution in [3.8, 4) is 0 Å². The van der Waals surface area contributed by atoms with Gasteiger partial charge in [-0.25, -0.2) is 13.7 Å². The summed E-state index contributed by atoms with van der Waals surface area (Å²) in [6.45, 7) is 3.13. The fraction of sp³-hybridized carbons (Fsp3) is 1.00. The first kappa shape index (κ1) is 25.1. The van der Waals surface area contributed by atoms with E-state index in [2.05, 4.69) is 13.1 Å². The summed E-state index contributed by atoms with van der Waals surface area (Å²) in [6, 6.07) is 0. The number of phosphoric ester groups is 1. The van der Waals surface area contributed by atoms with Crippen LogP contribution >= 0.6 is 45.1 Å². The number of hydrogen-bond acceptors (Lipinski definition) is 10. The highest BCUT2D eigenvalue weighted by molar-refractivity contribution is 8.76. The van der Waals surface area contributed by atoms with E-state index in [1.807, 2.05) is 13.2 Å². The van der Waals surface area contributed by atoms with Crippen LogP contribution < -0.4 is 0 Å². The Morgan fingerprint density at radius 3 is 2.19 bits per heavy atom. The Labute approximate surface area is 158 Å². The SMILES string of the molecule is CSSCOC1C(C)[C@H](C)O[C@@H]1COP(=O)(O)OP(=O)(O)OP(=O)(O)O. The minimum absolute atomic E-state index is 0.0491. The van der Waals surface area contributed by atoms with Crippen molar-refractivity contribution in [3.05, 3.63) is 0 Å². The maximum atomic E-state index is 11.7. The lowest BCUT2D eigenvalue weighted by molar-refractivity contribution is -0.0335. The van der Waals surface area contributed by atoms with E-state index in [9.17, 15) is 18.6 Å². The maximum absolute atomic E-state index is 11.7. The molecule has 0 aromatic heterocycles. The van der Waals surface area contributed by atoms with Crippen molar-refractivity contribution in [1.82, 2.24) is 0 Å². The van der Waals surface area contributed by atoms with Crippen LogP contribution in [0.15, 0.2) is 0 Å². The van der Waals surface area contributed by atoms with Gasteiger partial charge < -0.3 is 29.0 Å². The van der Waals surface area contributed by atoms with Crippen LogP contribution in [0.2, 0.25) is 0 Å². The summed E-state index contributed by atoms with van der Waals surface area (Å²) < 4.78 is 56.7. The van der Waals surface area contributed by atoms with Gasteiger partial charge in [-0.05, 0) is 13.2 Å². The van der Waals surface area contributed by atoms with Crippen LogP contribution in [0.3, 0.4) is 0 Å².